The highest BCUT2D eigenvalue weighted by Crippen LogP contribution is 2.30. The molecule has 34 heavy (non-hydrogen) atoms. The molecule has 8 nitrogen and oxygen atoms in total. The number of imidazole rings is 1. The van der Waals surface area contributed by atoms with E-state index >= 15 is 0 Å². The predicted molar refractivity (Wildman–Crippen MR) is 125 cm³/mol. The highest BCUT2D eigenvalue weighted by atomic mass is 19.1. The largest absolute Gasteiger partial charge is 0.332 e. The van der Waals surface area contributed by atoms with Crippen molar-refractivity contribution in [3.8, 4) is 0 Å². The van der Waals surface area contributed by atoms with Crippen LogP contribution in [-0.4, -0.2) is 24.4 Å². The van der Waals surface area contributed by atoms with E-state index in [0.29, 0.717) is 18.1 Å². The van der Waals surface area contributed by atoms with Crippen LogP contribution in [0.5, 0.6) is 0 Å². The Balaban J connectivity index is 1.67. The van der Waals surface area contributed by atoms with Gasteiger partial charge in [0.1, 0.15) is 11.6 Å². The average Bonchev–Trinajstić information content (AvgIpc) is 3.23. The Morgan fingerprint density at radius 1 is 0.912 bits per heavy atom. The van der Waals surface area contributed by atoms with E-state index in [0.717, 1.165) is 15.8 Å². The van der Waals surface area contributed by atoms with Crippen LogP contribution in [0.25, 0.3) is 11.2 Å². The molecule has 0 radical (unpaired) electrons. The quantitative estimate of drug-likeness (QED) is 0.465. The van der Waals surface area contributed by atoms with Gasteiger partial charge < -0.3 is 0 Å². The lowest BCUT2D eigenvalue weighted by Gasteiger charge is -2.29. The zero-order valence-electron chi connectivity index (χ0n) is 18.9. The number of hydrogen-bond donors (Lipinski definition) is 0. The van der Waals surface area contributed by atoms with E-state index in [9.17, 15) is 18.4 Å². The van der Waals surface area contributed by atoms with Crippen molar-refractivity contribution in [2.75, 3.05) is 5.01 Å². The first-order valence-electron chi connectivity index (χ1n) is 10.8. The Hall–Kier alpha value is -4.08. The van der Waals surface area contributed by atoms with Gasteiger partial charge >= 0.3 is 5.69 Å². The molecule has 5 rings (SSSR count). The first-order valence-corrected chi connectivity index (χ1v) is 10.8. The van der Waals surface area contributed by atoms with Gasteiger partial charge in [-0.05, 0) is 49.2 Å². The first kappa shape index (κ1) is 21.7. The fourth-order valence-corrected chi connectivity index (χ4v) is 4.16. The number of anilines is 1. The zero-order valence-corrected chi connectivity index (χ0v) is 18.9. The molecule has 0 unspecified atom stereocenters. The molecule has 10 heteroatoms. The van der Waals surface area contributed by atoms with Gasteiger partial charge in [0.25, 0.3) is 5.56 Å². The predicted octanol–water partition coefficient (Wildman–Crippen LogP) is 3.18. The van der Waals surface area contributed by atoms with Crippen LogP contribution in [0.1, 0.15) is 31.0 Å². The first-order chi connectivity index (χ1) is 16.2. The van der Waals surface area contributed by atoms with Crippen molar-refractivity contribution in [2.45, 2.75) is 33.0 Å². The number of aryl methyl sites for hydroxylation is 1. The average molecular weight is 464 g/mol. The van der Waals surface area contributed by atoms with Crippen molar-refractivity contribution < 1.29 is 8.78 Å². The lowest BCUT2D eigenvalue weighted by molar-refractivity contribution is 0.618. The number of halogens is 2. The topological polar surface area (TPSA) is 77.4 Å². The molecule has 0 bridgehead atoms. The van der Waals surface area contributed by atoms with Gasteiger partial charge in [-0.15, -0.1) is 0 Å². The van der Waals surface area contributed by atoms with Gasteiger partial charge in [0.05, 0.1) is 24.8 Å². The molecule has 0 spiro atoms. The minimum atomic E-state index is -0.521. The minimum absolute atomic E-state index is 0.00296. The van der Waals surface area contributed by atoms with Crippen LogP contribution in [0, 0.1) is 11.6 Å². The van der Waals surface area contributed by atoms with E-state index in [4.69, 9.17) is 0 Å². The Bertz CT molecular complexity index is 1550. The van der Waals surface area contributed by atoms with Crippen molar-refractivity contribution in [1.29, 1.82) is 0 Å². The van der Waals surface area contributed by atoms with Crippen molar-refractivity contribution in [2.24, 2.45) is 12.1 Å². The number of rotatable bonds is 4. The van der Waals surface area contributed by atoms with E-state index in [1.807, 2.05) is 13.8 Å². The van der Waals surface area contributed by atoms with E-state index in [-0.39, 0.29) is 29.6 Å². The maximum atomic E-state index is 13.6. The molecule has 0 amide bonds. The second-order valence-corrected chi connectivity index (χ2v) is 8.41. The van der Waals surface area contributed by atoms with Crippen LogP contribution in [0.4, 0.5) is 14.7 Å². The van der Waals surface area contributed by atoms with Gasteiger partial charge in [0.15, 0.2) is 11.2 Å². The summed E-state index contributed by atoms with van der Waals surface area (Å²) in [6.45, 7) is 4.08. The van der Waals surface area contributed by atoms with Crippen LogP contribution < -0.4 is 16.3 Å². The molecule has 0 fully saturated rings. The summed E-state index contributed by atoms with van der Waals surface area (Å²) in [7, 11) is 1.56. The molecule has 1 aliphatic heterocycles. The maximum Gasteiger partial charge on any atom is 0.332 e. The fraction of sp³-hybridized carbons (Fsp3) is 0.250. The zero-order chi connectivity index (χ0) is 24.1. The number of nitrogens with zero attached hydrogens (tertiary/aromatic N) is 6. The van der Waals surface area contributed by atoms with E-state index in [1.165, 1.54) is 28.8 Å². The molecule has 174 valence electrons. The molecule has 1 atom stereocenters. The number of benzene rings is 2. The summed E-state index contributed by atoms with van der Waals surface area (Å²) < 4.78 is 30.9. The van der Waals surface area contributed by atoms with Gasteiger partial charge in [0.2, 0.25) is 5.95 Å². The summed E-state index contributed by atoms with van der Waals surface area (Å²) in [6, 6.07) is 11.5. The summed E-state index contributed by atoms with van der Waals surface area (Å²) in [5.41, 5.74) is 1.73. The molecule has 0 saturated heterocycles. The summed E-state index contributed by atoms with van der Waals surface area (Å²) in [6.07, 6.45) is 0. The summed E-state index contributed by atoms with van der Waals surface area (Å²) >= 11 is 0. The Morgan fingerprint density at radius 2 is 1.47 bits per heavy atom. The molecule has 4 aromatic rings. The van der Waals surface area contributed by atoms with E-state index < -0.39 is 17.1 Å². The summed E-state index contributed by atoms with van der Waals surface area (Å²) in [4.78, 5) is 31.3. The molecule has 3 heterocycles. The number of fused-ring (bicyclic) bond motifs is 3. The maximum absolute atomic E-state index is 13.6. The third-order valence-electron chi connectivity index (χ3n) is 6.16. The lowest BCUT2D eigenvalue weighted by atomic mass is 10.2. The second-order valence-electron chi connectivity index (χ2n) is 8.41. The van der Waals surface area contributed by atoms with Crippen molar-refractivity contribution in [3.63, 3.8) is 0 Å². The Labute approximate surface area is 193 Å². The minimum Gasteiger partial charge on any atom is -0.294 e. The normalized spacial score (nSPS) is 15.5. The van der Waals surface area contributed by atoms with Crippen LogP contribution in [-0.2, 0) is 20.1 Å². The third kappa shape index (κ3) is 3.51. The SMILES string of the molecule is CC1=NN(Cc2ccc(F)cc2)c2nc3c(c(=O)n(Cc4ccc(F)cc4)c(=O)n3C)n2[C@H]1C. The van der Waals surface area contributed by atoms with Gasteiger partial charge in [-0.2, -0.15) is 10.1 Å². The van der Waals surface area contributed by atoms with Gasteiger partial charge in [-0.3, -0.25) is 18.5 Å². The molecule has 0 saturated carbocycles. The Morgan fingerprint density at radius 3 is 2.06 bits per heavy atom. The highest BCUT2D eigenvalue weighted by Gasteiger charge is 2.30. The summed E-state index contributed by atoms with van der Waals surface area (Å²) in [5.74, 6) is -0.308. The van der Waals surface area contributed by atoms with Crippen LogP contribution in [0.15, 0.2) is 63.2 Å². The molecule has 1 aliphatic rings. The molecule has 0 N–H and O–H groups in total. The van der Waals surface area contributed by atoms with Crippen molar-refractivity contribution in [1.82, 2.24) is 18.7 Å². The van der Waals surface area contributed by atoms with Gasteiger partial charge in [-0.1, -0.05) is 24.3 Å². The van der Waals surface area contributed by atoms with Crippen LogP contribution in [0.3, 0.4) is 0 Å². The molecule has 2 aromatic carbocycles. The highest BCUT2D eigenvalue weighted by molar-refractivity contribution is 5.91. The second kappa shape index (κ2) is 8.05. The van der Waals surface area contributed by atoms with E-state index in [2.05, 4.69) is 10.1 Å². The molecule has 0 aliphatic carbocycles. The van der Waals surface area contributed by atoms with Crippen LogP contribution >= 0.6 is 0 Å². The molecule has 2 aromatic heterocycles. The third-order valence-corrected chi connectivity index (χ3v) is 6.16. The lowest BCUT2D eigenvalue weighted by Crippen LogP contribution is -2.40. The van der Waals surface area contributed by atoms with E-state index in [1.54, 1.807) is 40.9 Å². The smallest absolute Gasteiger partial charge is 0.294 e. The fourth-order valence-electron chi connectivity index (χ4n) is 4.16. The van der Waals surface area contributed by atoms with Gasteiger partial charge in [0, 0.05) is 7.05 Å². The molecular weight excluding hydrogens is 442 g/mol. The van der Waals surface area contributed by atoms with Crippen molar-refractivity contribution >= 4 is 22.8 Å². The van der Waals surface area contributed by atoms with Gasteiger partial charge in [-0.25, -0.2) is 18.6 Å². The van der Waals surface area contributed by atoms with Crippen LogP contribution in [0.2, 0.25) is 0 Å². The standard InChI is InChI=1S/C24H22F2N6O2/c1-14-15(2)32-20-21(27-23(32)31(28-14)13-17-6-10-19(26)11-7-17)29(3)24(34)30(22(20)33)12-16-4-8-18(25)9-5-16/h4-11,15H,12-13H2,1-3H3/t15-/m0/s1. The number of aromatic nitrogens is 4. The van der Waals surface area contributed by atoms with Crippen molar-refractivity contribution in [3.05, 3.63) is 92.1 Å². The monoisotopic (exact) mass is 464 g/mol. The summed E-state index contributed by atoms with van der Waals surface area (Å²) in [5, 5.41) is 6.29. The molecular formula is C24H22F2N6O2. The number of hydrogen-bond acceptors (Lipinski definition) is 5. The number of hydrazone groups is 1. The Kier molecular flexibility index (Phi) is 5.15.